The quantitative estimate of drug-likeness (QED) is 0.759. The van der Waals surface area contributed by atoms with Crippen LogP contribution in [0.2, 0.25) is 0 Å². The summed E-state index contributed by atoms with van der Waals surface area (Å²) in [7, 11) is 0. The number of hydrogen-bond donors (Lipinski definition) is 0. The van der Waals surface area contributed by atoms with Gasteiger partial charge >= 0.3 is 0 Å². The Balaban J connectivity index is 1.42. The fourth-order valence-electron chi connectivity index (χ4n) is 4.31. The zero-order valence-electron chi connectivity index (χ0n) is 15.0. The Kier molecular flexibility index (Phi) is 5.39. The molecule has 0 aliphatic carbocycles. The smallest absolute Gasteiger partial charge is 0.0312 e. The number of rotatable bonds is 5. The molecule has 2 atom stereocenters. The van der Waals surface area contributed by atoms with Crippen molar-refractivity contribution >= 4 is 11.8 Å². The van der Waals surface area contributed by atoms with Gasteiger partial charge in [0.2, 0.25) is 0 Å². The number of fused-ring (bicyclic) bond motifs is 4. The molecule has 0 saturated carbocycles. The predicted molar refractivity (Wildman–Crippen MR) is 105 cm³/mol. The first-order valence-electron chi connectivity index (χ1n) is 9.28. The van der Waals surface area contributed by atoms with Gasteiger partial charge in [0.1, 0.15) is 0 Å². The zero-order chi connectivity index (χ0) is 17.1. The van der Waals surface area contributed by atoms with Crippen LogP contribution in [0.3, 0.4) is 0 Å². The lowest BCUT2D eigenvalue weighted by Crippen LogP contribution is -2.43. The van der Waals surface area contributed by atoms with Gasteiger partial charge in [-0.05, 0) is 54.3 Å². The van der Waals surface area contributed by atoms with Crippen molar-refractivity contribution in [3.63, 3.8) is 0 Å². The molecule has 1 aromatic heterocycles. The molecule has 2 aromatic rings. The van der Waals surface area contributed by atoms with Crippen molar-refractivity contribution < 1.29 is 0 Å². The van der Waals surface area contributed by atoms with Crippen LogP contribution >= 0.6 is 11.8 Å². The summed E-state index contributed by atoms with van der Waals surface area (Å²) in [5, 5.41) is 0. The van der Waals surface area contributed by atoms with Gasteiger partial charge in [0.25, 0.3) is 0 Å². The monoisotopic (exact) mass is 353 g/mol. The van der Waals surface area contributed by atoms with E-state index in [2.05, 4.69) is 51.4 Å². The minimum Gasteiger partial charge on any atom is -0.297 e. The standard InChI is InChI=1S/C21H27N3S/c1-25-21-8-5-17(6-9-21)14-24-15-19-4-7-20(24)16-23(13-19)12-18-3-2-10-22-11-18/h2-3,5-6,8-11,19-20H,4,7,12-16H2,1H3/t19-,20+/m0/s1. The highest BCUT2D eigenvalue weighted by molar-refractivity contribution is 7.98. The highest BCUT2D eigenvalue weighted by Gasteiger charge is 2.34. The third-order valence-electron chi connectivity index (χ3n) is 5.58. The molecular weight excluding hydrogens is 326 g/mol. The number of piperidine rings is 1. The molecule has 3 saturated heterocycles. The maximum atomic E-state index is 4.27. The third kappa shape index (κ3) is 4.25. The van der Waals surface area contributed by atoms with E-state index in [0.717, 1.165) is 19.0 Å². The molecule has 0 unspecified atom stereocenters. The van der Waals surface area contributed by atoms with E-state index in [1.165, 1.54) is 48.5 Å². The van der Waals surface area contributed by atoms with Gasteiger partial charge in [0.15, 0.2) is 0 Å². The summed E-state index contributed by atoms with van der Waals surface area (Å²) in [5.41, 5.74) is 2.78. The van der Waals surface area contributed by atoms with Crippen molar-refractivity contribution in [1.29, 1.82) is 0 Å². The van der Waals surface area contributed by atoms with Crippen molar-refractivity contribution in [2.24, 2.45) is 5.92 Å². The fourth-order valence-corrected chi connectivity index (χ4v) is 4.72. The number of pyridine rings is 1. The van der Waals surface area contributed by atoms with Crippen LogP contribution in [0.15, 0.2) is 53.7 Å². The number of hydrogen-bond acceptors (Lipinski definition) is 4. The van der Waals surface area contributed by atoms with E-state index in [1.807, 2.05) is 30.2 Å². The van der Waals surface area contributed by atoms with Gasteiger partial charge in [-0.15, -0.1) is 11.8 Å². The van der Waals surface area contributed by atoms with Crippen molar-refractivity contribution in [3.05, 3.63) is 59.9 Å². The SMILES string of the molecule is CSc1ccc(CN2C[C@H]3CC[C@@H]2CN(Cc2cccnc2)C3)cc1. The average molecular weight is 354 g/mol. The Morgan fingerprint density at radius 2 is 1.88 bits per heavy atom. The van der Waals surface area contributed by atoms with Crippen LogP contribution in [-0.2, 0) is 13.1 Å². The number of thioether (sulfide) groups is 1. The largest absolute Gasteiger partial charge is 0.297 e. The molecule has 3 aliphatic rings. The van der Waals surface area contributed by atoms with E-state index in [0.29, 0.717) is 6.04 Å². The van der Waals surface area contributed by atoms with E-state index in [-0.39, 0.29) is 0 Å². The van der Waals surface area contributed by atoms with Crippen LogP contribution in [0, 0.1) is 5.92 Å². The molecule has 3 nitrogen and oxygen atoms in total. The molecular formula is C21H27N3S. The van der Waals surface area contributed by atoms with Gasteiger partial charge in [-0.1, -0.05) is 18.2 Å². The van der Waals surface area contributed by atoms with Gasteiger partial charge < -0.3 is 0 Å². The first-order chi connectivity index (χ1) is 12.3. The lowest BCUT2D eigenvalue weighted by molar-refractivity contribution is 0.123. The molecule has 4 heterocycles. The lowest BCUT2D eigenvalue weighted by Gasteiger charge is -2.36. The molecule has 3 fully saturated rings. The number of benzene rings is 1. The summed E-state index contributed by atoms with van der Waals surface area (Å²) in [6.07, 6.45) is 8.74. The number of nitrogens with zero attached hydrogens (tertiary/aromatic N) is 3. The number of aromatic nitrogens is 1. The van der Waals surface area contributed by atoms with Gasteiger partial charge in [-0.25, -0.2) is 0 Å². The van der Waals surface area contributed by atoms with Crippen molar-refractivity contribution in [2.75, 3.05) is 25.9 Å². The Bertz CT molecular complexity index is 673. The Hall–Kier alpha value is -1.36. The van der Waals surface area contributed by atoms with E-state index >= 15 is 0 Å². The van der Waals surface area contributed by atoms with Crippen molar-refractivity contribution in [3.8, 4) is 0 Å². The molecule has 0 N–H and O–H groups in total. The molecule has 0 radical (unpaired) electrons. The predicted octanol–water partition coefficient (Wildman–Crippen LogP) is 3.90. The first-order valence-corrected chi connectivity index (χ1v) is 10.5. The zero-order valence-corrected chi connectivity index (χ0v) is 15.8. The molecule has 2 bridgehead atoms. The van der Waals surface area contributed by atoms with Crippen molar-refractivity contribution in [1.82, 2.24) is 14.8 Å². The molecule has 3 aliphatic heterocycles. The molecule has 25 heavy (non-hydrogen) atoms. The van der Waals surface area contributed by atoms with Crippen LogP contribution in [0.25, 0.3) is 0 Å². The van der Waals surface area contributed by atoms with E-state index < -0.39 is 0 Å². The van der Waals surface area contributed by atoms with Crippen LogP contribution in [0.4, 0.5) is 0 Å². The van der Waals surface area contributed by atoms with Gasteiger partial charge in [0, 0.05) is 56.1 Å². The summed E-state index contributed by atoms with van der Waals surface area (Å²) in [6.45, 7) is 5.80. The molecule has 1 aromatic carbocycles. The lowest BCUT2D eigenvalue weighted by atomic mass is 9.94. The molecule has 132 valence electrons. The first kappa shape index (κ1) is 17.1. The summed E-state index contributed by atoms with van der Waals surface area (Å²) in [5.74, 6) is 0.806. The van der Waals surface area contributed by atoms with E-state index in [1.54, 1.807) is 0 Å². The minimum atomic E-state index is 0.690. The van der Waals surface area contributed by atoms with E-state index in [4.69, 9.17) is 0 Å². The fraction of sp³-hybridized carbons (Fsp3) is 0.476. The maximum absolute atomic E-state index is 4.27. The molecule has 0 amide bonds. The van der Waals surface area contributed by atoms with Crippen LogP contribution < -0.4 is 0 Å². The summed E-state index contributed by atoms with van der Waals surface area (Å²) in [4.78, 5) is 11.0. The Labute approximate surface area is 155 Å². The molecule has 4 heteroatoms. The summed E-state index contributed by atoms with van der Waals surface area (Å²) < 4.78 is 0. The Morgan fingerprint density at radius 3 is 2.64 bits per heavy atom. The van der Waals surface area contributed by atoms with Gasteiger partial charge in [-0.3, -0.25) is 14.8 Å². The van der Waals surface area contributed by atoms with Crippen LogP contribution in [0.1, 0.15) is 24.0 Å². The van der Waals surface area contributed by atoms with Crippen molar-refractivity contribution in [2.45, 2.75) is 36.9 Å². The van der Waals surface area contributed by atoms with Gasteiger partial charge in [0.05, 0.1) is 0 Å². The summed E-state index contributed by atoms with van der Waals surface area (Å²) in [6, 6.07) is 14.1. The highest BCUT2D eigenvalue weighted by atomic mass is 32.2. The van der Waals surface area contributed by atoms with Crippen LogP contribution in [0.5, 0.6) is 0 Å². The second-order valence-electron chi connectivity index (χ2n) is 7.43. The normalized spacial score (nSPS) is 24.4. The van der Waals surface area contributed by atoms with E-state index in [9.17, 15) is 0 Å². The maximum Gasteiger partial charge on any atom is 0.0312 e. The van der Waals surface area contributed by atoms with Gasteiger partial charge in [-0.2, -0.15) is 0 Å². The highest BCUT2D eigenvalue weighted by Crippen LogP contribution is 2.30. The second-order valence-corrected chi connectivity index (χ2v) is 8.31. The molecule has 5 rings (SSSR count). The topological polar surface area (TPSA) is 19.4 Å². The average Bonchev–Trinajstić information content (AvgIpc) is 2.94. The minimum absolute atomic E-state index is 0.690. The van der Waals surface area contributed by atoms with Crippen LogP contribution in [-0.4, -0.2) is 46.7 Å². The summed E-state index contributed by atoms with van der Waals surface area (Å²) >= 11 is 1.81. The third-order valence-corrected chi connectivity index (χ3v) is 6.32. The Morgan fingerprint density at radius 1 is 1.00 bits per heavy atom. The molecule has 0 spiro atoms. The second kappa shape index (κ2) is 7.90.